The number of rotatable bonds is 7. The average Bonchev–Trinajstić information content (AvgIpc) is 2.52. The molecule has 2 aromatic carbocycles. The Morgan fingerprint density at radius 1 is 0.682 bits per heavy atom. The fourth-order valence-electron chi connectivity index (χ4n) is 1.84. The number of carbonyl (C=O) groups excluding carboxylic acids is 2. The van der Waals surface area contributed by atoms with Gasteiger partial charge in [0.1, 0.15) is 0 Å². The van der Waals surface area contributed by atoms with Gasteiger partial charge in [-0.25, -0.2) is 0 Å². The summed E-state index contributed by atoms with van der Waals surface area (Å²) in [4.78, 5) is 24.0. The maximum absolute atomic E-state index is 12.0. The molecule has 0 aliphatic rings. The molecule has 0 heterocycles. The van der Waals surface area contributed by atoms with Crippen molar-refractivity contribution in [1.29, 1.82) is 0 Å². The van der Waals surface area contributed by atoms with Gasteiger partial charge in [0.25, 0.3) is 0 Å². The molecule has 0 aliphatic carbocycles. The van der Waals surface area contributed by atoms with Gasteiger partial charge in [0.05, 0.1) is 11.5 Å². The lowest BCUT2D eigenvalue weighted by Gasteiger charge is -2.03. The topological polar surface area (TPSA) is 34.1 Å². The third-order valence-corrected chi connectivity index (χ3v) is 5.34. The highest BCUT2D eigenvalue weighted by Gasteiger charge is 2.09. The summed E-state index contributed by atoms with van der Waals surface area (Å²) in [6, 6.07) is 15.1. The number of hydrogen-bond donors (Lipinski definition) is 0. The average molecular weight is 330 g/mol. The Labute approximate surface area is 139 Å². The normalized spacial score (nSPS) is 10.5. The van der Waals surface area contributed by atoms with E-state index in [1.165, 1.54) is 21.6 Å². The molecule has 22 heavy (non-hydrogen) atoms. The molecule has 0 spiro atoms. The minimum atomic E-state index is 0.0975. The lowest BCUT2D eigenvalue weighted by Crippen LogP contribution is -2.03. The Bertz CT molecular complexity index is 586. The van der Waals surface area contributed by atoms with Gasteiger partial charge < -0.3 is 0 Å². The van der Waals surface area contributed by atoms with Crippen LogP contribution >= 0.6 is 21.6 Å². The van der Waals surface area contributed by atoms with Crippen LogP contribution < -0.4 is 0 Å². The van der Waals surface area contributed by atoms with Crippen molar-refractivity contribution >= 4 is 33.2 Å². The molecule has 0 saturated carbocycles. The van der Waals surface area contributed by atoms with Gasteiger partial charge in [-0.05, 0) is 13.8 Å². The quantitative estimate of drug-likeness (QED) is 0.417. The molecule has 0 unspecified atom stereocenters. The van der Waals surface area contributed by atoms with Crippen LogP contribution in [0.25, 0.3) is 0 Å². The van der Waals surface area contributed by atoms with Crippen LogP contribution in [0.3, 0.4) is 0 Å². The highest BCUT2D eigenvalue weighted by atomic mass is 33.1. The van der Waals surface area contributed by atoms with Crippen molar-refractivity contribution in [3.63, 3.8) is 0 Å². The van der Waals surface area contributed by atoms with E-state index >= 15 is 0 Å². The first-order valence-electron chi connectivity index (χ1n) is 7.00. The van der Waals surface area contributed by atoms with E-state index in [9.17, 15) is 9.59 Å². The maximum Gasteiger partial charge on any atom is 0.173 e. The number of hydrogen-bond acceptors (Lipinski definition) is 4. The van der Waals surface area contributed by atoms with Crippen molar-refractivity contribution in [2.75, 3.05) is 11.5 Å². The van der Waals surface area contributed by atoms with Crippen LogP contribution in [-0.4, -0.2) is 23.1 Å². The minimum absolute atomic E-state index is 0.0975. The van der Waals surface area contributed by atoms with Gasteiger partial charge >= 0.3 is 0 Å². The van der Waals surface area contributed by atoms with Gasteiger partial charge in [0, 0.05) is 11.1 Å². The Kier molecular flexibility index (Phi) is 6.28. The van der Waals surface area contributed by atoms with Crippen molar-refractivity contribution in [2.45, 2.75) is 13.8 Å². The van der Waals surface area contributed by atoms with E-state index in [0.29, 0.717) is 11.5 Å². The lowest BCUT2D eigenvalue weighted by molar-refractivity contribution is 0.101. The molecule has 0 bridgehead atoms. The SMILES string of the molecule is Cc1ccc(C(=O)CSSCC(=O)c2ccc(C)cc2)cc1. The van der Waals surface area contributed by atoms with Crippen LogP contribution in [0.1, 0.15) is 31.8 Å². The zero-order chi connectivity index (χ0) is 15.9. The fraction of sp³-hybridized carbons (Fsp3) is 0.222. The van der Waals surface area contributed by atoms with Crippen LogP contribution in [-0.2, 0) is 0 Å². The van der Waals surface area contributed by atoms with Crippen LogP contribution in [0.15, 0.2) is 48.5 Å². The molecule has 0 radical (unpaired) electrons. The van der Waals surface area contributed by atoms with Crippen molar-refractivity contribution in [3.8, 4) is 0 Å². The minimum Gasteiger partial charge on any atom is -0.293 e. The van der Waals surface area contributed by atoms with Gasteiger partial charge in [0.2, 0.25) is 0 Å². The van der Waals surface area contributed by atoms with Crippen LogP contribution in [0, 0.1) is 13.8 Å². The fourth-order valence-corrected chi connectivity index (χ4v) is 3.69. The summed E-state index contributed by atoms with van der Waals surface area (Å²) in [5.41, 5.74) is 3.73. The highest BCUT2D eigenvalue weighted by molar-refractivity contribution is 8.77. The van der Waals surface area contributed by atoms with Gasteiger partial charge in [0.15, 0.2) is 11.6 Å². The molecule has 0 N–H and O–H groups in total. The van der Waals surface area contributed by atoms with Crippen molar-refractivity contribution in [3.05, 3.63) is 70.8 Å². The molecule has 2 aromatic rings. The Hall–Kier alpha value is -1.52. The molecule has 2 nitrogen and oxygen atoms in total. The monoisotopic (exact) mass is 330 g/mol. The van der Waals surface area contributed by atoms with E-state index in [2.05, 4.69) is 0 Å². The van der Waals surface area contributed by atoms with Crippen molar-refractivity contribution < 1.29 is 9.59 Å². The molecule has 4 heteroatoms. The van der Waals surface area contributed by atoms with E-state index in [4.69, 9.17) is 0 Å². The molecular weight excluding hydrogens is 312 g/mol. The van der Waals surface area contributed by atoms with E-state index in [-0.39, 0.29) is 11.6 Å². The van der Waals surface area contributed by atoms with E-state index in [1.807, 2.05) is 62.4 Å². The molecule has 0 atom stereocenters. The van der Waals surface area contributed by atoms with Gasteiger partial charge in [-0.3, -0.25) is 9.59 Å². The molecule has 0 saturated heterocycles. The van der Waals surface area contributed by atoms with Crippen LogP contribution in [0.2, 0.25) is 0 Å². The summed E-state index contributed by atoms with van der Waals surface area (Å²) in [5, 5.41) is 0. The van der Waals surface area contributed by atoms with Crippen molar-refractivity contribution in [1.82, 2.24) is 0 Å². The van der Waals surface area contributed by atoms with E-state index in [0.717, 1.165) is 22.3 Å². The molecule has 0 amide bonds. The zero-order valence-electron chi connectivity index (χ0n) is 12.7. The second-order valence-electron chi connectivity index (χ2n) is 5.10. The molecule has 2 rings (SSSR count). The molecular formula is C18H18O2S2. The van der Waals surface area contributed by atoms with Crippen molar-refractivity contribution in [2.24, 2.45) is 0 Å². The van der Waals surface area contributed by atoms with Gasteiger partial charge in [-0.15, -0.1) is 0 Å². The maximum atomic E-state index is 12.0. The Morgan fingerprint density at radius 2 is 1.00 bits per heavy atom. The summed E-state index contributed by atoms with van der Waals surface area (Å²) < 4.78 is 0. The number of benzene rings is 2. The van der Waals surface area contributed by atoms with Crippen LogP contribution in [0.5, 0.6) is 0 Å². The summed E-state index contributed by atoms with van der Waals surface area (Å²) in [6.45, 7) is 3.99. The molecule has 0 fully saturated rings. The lowest BCUT2D eigenvalue weighted by atomic mass is 10.1. The van der Waals surface area contributed by atoms with E-state index in [1.54, 1.807) is 0 Å². The third kappa shape index (κ3) is 5.04. The summed E-state index contributed by atoms with van der Waals surface area (Å²) in [7, 11) is 2.87. The first-order chi connectivity index (χ1) is 10.6. The van der Waals surface area contributed by atoms with Gasteiger partial charge in [-0.1, -0.05) is 81.2 Å². The second-order valence-corrected chi connectivity index (χ2v) is 7.57. The predicted molar refractivity (Wildman–Crippen MR) is 95.9 cm³/mol. The number of aryl methyl sites for hydroxylation is 2. The Morgan fingerprint density at radius 3 is 1.32 bits per heavy atom. The largest absolute Gasteiger partial charge is 0.293 e. The standard InChI is InChI=1S/C18H18O2S2/c1-13-3-7-15(8-4-13)17(19)11-21-22-12-18(20)16-9-5-14(2)6-10-16/h3-10H,11-12H2,1-2H3. The first-order valence-corrected chi connectivity index (χ1v) is 9.49. The number of Topliss-reactive ketones (excluding diaryl/α,β-unsaturated/α-hetero) is 2. The van der Waals surface area contributed by atoms with Crippen LogP contribution in [0.4, 0.5) is 0 Å². The number of carbonyl (C=O) groups is 2. The Balaban J connectivity index is 1.74. The van der Waals surface area contributed by atoms with E-state index < -0.39 is 0 Å². The summed E-state index contributed by atoms with van der Waals surface area (Å²) in [6.07, 6.45) is 0. The summed E-state index contributed by atoms with van der Waals surface area (Å²) >= 11 is 0. The second kappa shape index (κ2) is 8.20. The predicted octanol–water partition coefficient (Wildman–Crippen LogP) is 4.75. The molecule has 114 valence electrons. The smallest absolute Gasteiger partial charge is 0.173 e. The number of ketones is 2. The molecule has 0 aliphatic heterocycles. The first kappa shape index (κ1) is 16.8. The van der Waals surface area contributed by atoms with Gasteiger partial charge in [-0.2, -0.15) is 0 Å². The third-order valence-electron chi connectivity index (χ3n) is 3.21. The summed E-state index contributed by atoms with van der Waals surface area (Å²) in [5.74, 6) is 0.963. The molecule has 0 aromatic heterocycles. The zero-order valence-corrected chi connectivity index (χ0v) is 14.3. The highest BCUT2D eigenvalue weighted by Crippen LogP contribution is 2.23.